The van der Waals surface area contributed by atoms with E-state index < -0.39 is 29.1 Å². The standard InChI is InChI=1S/C24H24N6O4S2/c1-29-23(26-27-28-29)36-14-17-13-35-22-24(25,33-2)21(32)30(22)18(17)20(31)34-19(15-9-5-3-6-10-15)16-11-7-4-8-12-16/h3-12,19,22H,13-14,25H2,1-2H3/t22-,24+/m0/s1. The first-order valence-electron chi connectivity index (χ1n) is 11.1. The fourth-order valence-corrected chi connectivity index (χ4v) is 6.53. The Labute approximate surface area is 216 Å². The van der Waals surface area contributed by atoms with E-state index in [2.05, 4.69) is 15.5 Å². The van der Waals surface area contributed by atoms with Gasteiger partial charge in [0, 0.05) is 25.7 Å². The number of fused-ring (bicyclic) bond motifs is 1. The molecule has 186 valence electrons. The molecule has 2 aliphatic rings. The van der Waals surface area contributed by atoms with Crippen molar-refractivity contribution in [2.45, 2.75) is 22.4 Å². The van der Waals surface area contributed by atoms with Crippen LogP contribution in [0.25, 0.3) is 0 Å². The average Bonchev–Trinajstić information content (AvgIpc) is 3.34. The van der Waals surface area contributed by atoms with E-state index in [1.165, 1.54) is 35.5 Å². The minimum atomic E-state index is -1.49. The molecule has 0 aliphatic carbocycles. The smallest absolute Gasteiger partial charge is 0.356 e. The number of methoxy groups -OCH3 is 1. The van der Waals surface area contributed by atoms with Crippen LogP contribution in [0.2, 0.25) is 0 Å². The zero-order chi connectivity index (χ0) is 25.3. The van der Waals surface area contributed by atoms with E-state index in [1.54, 1.807) is 11.7 Å². The Bertz CT molecular complexity index is 1260. The predicted octanol–water partition coefficient (Wildman–Crippen LogP) is 2.11. The third kappa shape index (κ3) is 4.30. The Morgan fingerprint density at radius 3 is 2.39 bits per heavy atom. The highest BCUT2D eigenvalue weighted by molar-refractivity contribution is 8.01. The van der Waals surface area contributed by atoms with E-state index in [9.17, 15) is 9.59 Å². The van der Waals surface area contributed by atoms with Crippen LogP contribution in [-0.2, 0) is 26.1 Å². The van der Waals surface area contributed by atoms with Gasteiger partial charge in [-0.3, -0.25) is 15.4 Å². The molecule has 0 radical (unpaired) electrons. The summed E-state index contributed by atoms with van der Waals surface area (Å²) in [6, 6.07) is 19.0. The van der Waals surface area contributed by atoms with Crippen LogP contribution in [0, 0.1) is 0 Å². The minimum Gasteiger partial charge on any atom is -0.448 e. The topological polar surface area (TPSA) is 125 Å². The molecule has 10 nitrogen and oxygen atoms in total. The van der Waals surface area contributed by atoms with E-state index in [0.29, 0.717) is 16.7 Å². The van der Waals surface area contributed by atoms with Crippen LogP contribution in [-0.4, -0.2) is 66.7 Å². The molecule has 3 heterocycles. The number of thioether (sulfide) groups is 2. The first-order valence-corrected chi connectivity index (χ1v) is 13.1. The molecule has 2 N–H and O–H groups in total. The predicted molar refractivity (Wildman–Crippen MR) is 134 cm³/mol. The molecule has 0 unspecified atom stereocenters. The van der Waals surface area contributed by atoms with E-state index in [4.69, 9.17) is 15.2 Å². The summed E-state index contributed by atoms with van der Waals surface area (Å²) in [6.45, 7) is 0. The van der Waals surface area contributed by atoms with Gasteiger partial charge in [0.15, 0.2) is 6.10 Å². The molecule has 3 aromatic rings. The van der Waals surface area contributed by atoms with E-state index in [0.717, 1.165) is 16.7 Å². The van der Waals surface area contributed by atoms with Gasteiger partial charge in [-0.15, -0.1) is 16.9 Å². The quantitative estimate of drug-likeness (QED) is 0.203. The van der Waals surface area contributed by atoms with Gasteiger partial charge >= 0.3 is 5.97 Å². The average molecular weight is 525 g/mol. The van der Waals surface area contributed by atoms with Gasteiger partial charge in [0.05, 0.1) is 0 Å². The first-order chi connectivity index (χ1) is 17.4. The monoisotopic (exact) mass is 524 g/mol. The summed E-state index contributed by atoms with van der Waals surface area (Å²) < 4.78 is 13.0. The second-order valence-corrected chi connectivity index (χ2v) is 10.3. The SMILES string of the molecule is CO[C@]1(N)C(=O)N2C(C(=O)OC(c3ccccc3)c3ccccc3)=C(CSc3nnnn3C)CS[C@H]21. The van der Waals surface area contributed by atoms with Crippen LogP contribution in [0.4, 0.5) is 0 Å². The highest BCUT2D eigenvalue weighted by Gasteiger charge is 2.63. The molecule has 36 heavy (non-hydrogen) atoms. The normalized spacial score (nSPS) is 21.4. The number of β-lactam (4-membered cyclic amide) rings is 1. The molecule has 1 amide bonds. The Morgan fingerprint density at radius 2 is 1.83 bits per heavy atom. The molecule has 2 aliphatic heterocycles. The Balaban J connectivity index is 1.50. The fourth-order valence-electron chi connectivity index (χ4n) is 4.14. The maximum Gasteiger partial charge on any atom is 0.356 e. The summed E-state index contributed by atoms with van der Waals surface area (Å²) >= 11 is 2.82. The number of tetrazole rings is 1. The summed E-state index contributed by atoms with van der Waals surface area (Å²) in [4.78, 5) is 28.3. The number of hydrogen-bond acceptors (Lipinski definition) is 10. The van der Waals surface area contributed by atoms with Crippen LogP contribution >= 0.6 is 23.5 Å². The number of amides is 1. The van der Waals surface area contributed by atoms with Gasteiger partial charge in [0.1, 0.15) is 11.1 Å². The van der Waals surface area contributed by atoms with Crippen molar-refractivity contribution < 1.29 is 19.1 Å². The van der Waals surface area contributed by atoms with E-state index in [-0.39, 0.29) is 5.70 Å². The number of esters is 1. The first kappa shape index (κ1) is 24.5. The van der Waals surface area contributed by atoms with Gasteiger partial charge < -0.3 is 9.47 Å². The number of nitrogens with zero attached hydrogens (tertiary/aromatic N) is 5. The Morgan fingerprint density at radius 1 is 1.19 bits per heavy atom. The zero-order valence-corrected chi connectivity index (χ0v) is 21.2. The molecule has 2 atom stereocenters. The summed E-state index contributed by atoms with van der Waals surface area (Å²) in [7, 11) is 3.13. The van der Waals surface area contributed by atoms with Crippen molar-refractivity contribution in [3.63, 3.8) is 0 Å². The molecule has 1 fully saturated rings. The van der Waals surface area contributed by atoms with E-state index in [1.807, 2.05) is 60.7 Å². The fraction of sp³-hybridized carbons (Fsp3) is 0.292. The molecule has 1 saturated heterocycles. The van der Waals surface area contributed by atoms with Crippen molar-refractivity contribution in [3.05, 3.63) is 83.1 Å². The lowest BCUT2D eigenvalue weighted by Crippen LogP contribution is -2.78. The van der Waals surface area contributed by atoms with Gasteiger partial charge in [-0.25, -0.2) is 9.48 Å². The highest BCUT2D eigenvalue weighted by atomic mass is 32.2. The second kappa shape index (κ2) is 10.1. The number of hydrogen-bond donors (Lipinski definition) is 1. The third-order valence-electron chi connectivity index (χ3n) is 6.06. The molecule has 0 bridgehead atoms. The highest BCUT2D eigenvalue weighted by Crippen LogP contribution is 2.46. The maximum absolute atomic E-state index is 13.8. The molecular weight excluding hydrogens is 500 g/mol. The van der Waals surface area contributed by atoms with Crippen LogP contribution in [0.15, 0.2) is 77.1 Å². The van der Waals surface area contributed by atoms with Crippen molar-refractivity contribution >= 4 is 35.4 Å². The summed E-state index contributed by atoms with van der Waals surface area (Å²) in [5.74, 6) is -0.210. The largest absolute Gasteiger partial charge is 0.448 e. The Kier molecular flexibility index (Phi) is 6.84. The summed E-state index contributed by atoms with van der Waals surface area (Å²) in [5.41, 5.74) is 7.31. The van der Waals surface area contributed by atoms with Crippen LogP contribution in [0.1, 0.15) is 17.2 Å². The summed E-state index contributed by atoms with van der Waals surface area (Å²) in [6.07, 6.45) is -0.654. The minimum absolute atomic E-state index is 0.196. The second-order valence-electron chi connectivity index (χ2n) is 8.27. The number of benzene rings is 2. The van der Waals surface area contributed by atoms with Crippen molar-refractivity contribution in [3.8, 4) is 0 Å². The number of carbonyl (C=O) groups is 2. The molecule has 12 heteroatoms. The van der Waals surface area contributed by atoms with Crippen molar-refractivity contribution in [1.82, 2.24) is 25.1 Å². The molecule has 0 saturated carbocycles. The molecular formula is C24H24N6O4S2. The molecule has 5 rings (SSSR count). The zero-order valence-electron chi connectivity index (χ0n) is 19.6. The molecule has 2 aromatic carbocycles. The molecule has 0 spiro atoms. The van der Waals surface area contributed by atoms with Crippen LogP contribution < -0.4 is 5.73 Å². The van der Waals surface area contributed by atoms with Gasteiger partial charge in [-0.2, -0.15) is 0 Å². The van der Waals surface area contributed by atoms with Crippen molar-refractivity contribution in [2.75, 3.05) is 18.6 Å². The van der Waals surface area contributed by atoms with Gasteiger partial charge in [0.25, 0.3) is 5.91 Å². The number of carbonyl (C=O) groups excluding carboxylic acids is 2. The van der Waals surface area contributed by atoms with Crippen molar-refractivity contribution in [1.29, 1.82) is 0 Å². The third-order valence-corrected chi connectivity index (χ3v) is 8.55. The number of aromatic nitrogens is 4. The lowest BCUT2D eigenvalue weighted by molar-refractivity contribution is -0.183. The van der Waals surface area contributed by atoms with E-state index >= 15 is 0 Å². The van der Waals surface area contributed by atoms with Gasteiger partial charge in [-0.05, 0) is 27.1 Å². The lowest BCUT2D eigenvalue weighted by atomic mass is 9.99. The van der Waals surface area contributed by atoms with Crippen LogP contribution in [0.5, 0.6) is 0 Å². The molecule has 1 aromatic heterocycles. The maximum atomic E-state index is 13.8. The number of nitrogens with two attached hydrogens (primary N) is 1. The number of ether oxygens (including phenoxy) is 2. The van der Waals surface area contributed by atoms with Crippen molar-refractivity contribution in [2.24, 2.45) is 12.8 Å². The van der Waals surface area contributed by atoms with Gasteiger partial charge in [0.2, 0.25) is 10.9 Å². The van der Waals surface area contributed by atoms with Crippen LogP contribution in [0.3, 0.4) is 0 Å². The number of aryl methyl sites for hydroxylation is 1. The number of rotatable bonds is 8. The Hall–Kier alpha value is -3.19. The lowest BCUT2D eigenvalue weighted by Gasteiger charge is -2.54. The van der Waals surface area contributed by atoms with Gasteiger partial charge in [-0.1, -0.05) is 72.4 Å². The summed E-state index contributed by atoms with van der Waals surface area (Å²) in [5, 5.41) is 11.6.